The van der Waals surface area contributed by atoms with Gasteiger partial charge in [-0.15, -0.1) is 11.3 Å². The monoisotopic (exact) mass is 376 g/mol. The van der Waals surface area contributed by atoms with E-state index in [9.17, 15) is 9.59 Å². The van der Waals surface area contributed by atoms with Crippen molar-refractivity contribution in [3.63, 3.8) is 0 Å². The molecule has 0 N–H and O–H groups in total. The third-order valence-corrected chi connectivity index (χ3v) is 6.34. The van der Waals surface area contributed by atoms with Crippen LogP contribution in [0, 0.1) is 6.92 Å². The minimum absolute atomic E-state index is 0.0672. The number of carbonyl (C=O) groups is 2. The third-order valence-electron chi connectivity index (χ3n) is 5.20. The number of hydrogen-bond acceptors (Lipinski definition) is 6. The van der Waals surface area contributed by atoms with Crippen molar-refractivity contribution < 1.29 is 9.59 Å². The Morgan fingerprint density at radius 1 is 1.22 bits per heavy atom. The summed E-state index contributed by atoms with van der Waals surface area (Å²) in [5.74, 6) is 0.871. The molecule has 2 aromatic heterocycles. The Morgan fingerprint density at radius 3 is 2.85 bits per heavy atom. The maximum Gasteiger partial charge on any atom is 0.270 e. The first-order chi connectivity index (χ1) is 13.1. The summed E-state index contributed by atoms with van der Waals surface area (Å²) in [5, 5.41) is 0.640. The van der Waals surface area contributed by atoms with Crippen LogP contribution >= 0.6 is 11.3 Å². The van der Waals surface area contributed by atoms with Crippen molar-refractivity contribution in [2.75, 3.05) is 11.4 Å². The zero-order chi connectivity index (χ0) is 18.5. The Labute approximate surface area is 159 Å². The second-order valence-corrected chi connectivity index (χ2v) is 7.82. The maximum absolute atomic E-state index is 13.3. The van der Waals surface area contributed by atoms with E-state index in [0.717, 1.165) is 23.2 Å². The fraction of sp³-hybridized carbons (Fsp3) is 0.250. The van der Waals surface area contributed by atoms with Crippen molar-refractivity contribution in [2.24, 2.45) is 0 Å². The molecular weight excluding hydrogens is 360 g/mol. The molecule has 1 aliphatic heterocycles. The molecule has 2 aliphatic rings. The van der Waals surface area contributed by atoms with Crippen molar-refractivity contribution in [1.82, 2.24) is 15.0 Å². The molecule has 1 aromatic carbocycles. The van der Waals surface area contributed by atoms with Gasteiger partial charge in [-0.25, -0.2) is 15.0 Å². The van der Waals surface area contributed by atoms with Gasteiger partial charge in [0.2, 0.25) is 0 Å². The molecule has 0 spiro atoms. The van der Waals surface area contributed by atoms with Gasteiger partial charge in [-0.3, -0.25) is 9.59 Å². The Morgan fingerprint density at radius 2 is 2.04 bits per heavy atom. The lowest BCUT2D eigenvalue weighted by atomic mass is 9.83. The van der Waals surface area contributed by atoms with Crippen molar-refractivity contribution in [2.45, 2.75) is 25.7 Å². The summed E-state index contributed by atoms with van der Waals surface area (Å²) in [7, 11) is 0. The van der Waals surface area contributed by atoms with Crippen molar-refractivity contribution >= 4 is 28.7 Å². The molecule has 27 heavy (non-hydrogen) atoms. The molecule has 1 amide bonds. The highest BCUT2D eigenvalue weighted by atomic mass is 32.1. The summed E-state index contributed by atoms with van der Waals surface area (Å²) in [6.45, 7) is 2.45. The lowest BCUT2D eigenvalue weighted by Gasteiger charge is -2.18. The number of amides is 1. The van der Waals surface area contributed by atoms with Crippen LogP contribution in [0.15, 0.2) is 36.7 Å². The molecule has 3 aromatic rings. The SMILES string of the molecule is Cc1nc(-c2ncccn2)sc1C(=O)N1C[C@@H]2CCC(=O)c3cccc1c32. The summed E-state index contributed by atoms with van der Waals surface area (Å²) in [4.78, 5) is 40.9. The standard InChI is InChI=1S/C20H16N4O2S/c1-11-17(27-19(23-11)18-21-8-3-9-22-18)20(26)24-10-12-6-7-15(25)13-4-2-5-14(24)16(12)13/h2-5,8-9,12H,6-7,10H2,1H3/t12-/m0/s1. The molecule has 0 saturated carbocycles. The second kappa shape index (κ2) is 6.06. The highest BCUT2D eigenvalue weighted by molar-refractivity contribution is 7.17. The fourth-order valence-corrected chi connectivity index (χ4v) is 4.92. The van der Waals surface area contributed by atoms with E-state index in [1.54, 1.807) is 23.4 Å². The van der Waals surface area contributed by atoms with E-state index >= 15 is 0 Å². The largest absolute Gasteiger partial charge is 0.307 e. The van der Waals surface area contributed by atoms with E-state index in [2.05, 4.69) is 15.0 Å². The molecule has 1 aliphatic carbocycles. The van der Waals surface area contributed by atoms with Gasteiger partial charge in [0.15, 0.2) is 16.6 Å². The number of anilines is 1. The zero-order valence-corrected chi connectivity index (χ0v) is 15.5. The number of Topliss-reactive ketones (excluding diaryl/α,β-unsaturated/α-hetero) is 1. The number of ketones is 1. The average Bonchev–Trinajstić information content (AvgIpc) is 3.27. The van der Waals surface area contributed by atoms with Crippen LogP contribution in [0.1, 0.15) is 50.0 Å². The number of rotatable bonds is 2. The second-order valence-electron chi connectivity index (χ2n) is 6.82. The van der Waals surface area contributed by atoms with Gasteiger partial charge < -0.3 is 4.90 Å². The minimum atomic E-state index is -0.0672. The Balaban J connectivity index is 1.54. The van der Waals surface area contributed by atoms with Crippen LogP contribution in [0.2, 0.25) is 0 Å². The minimum Gasteiger partial charge on any atom is -0.307 e. The van der Waals surface area contributed by atoms with E-state index in [0.29, 0.717) is 34.4 Å². The maximum atomic E-state index is 13.3. The summed E-state index contributed by atoms with van der Waals surface area (Å²) >= 11 is 1.32. The van der Waals surface area contributed by atoms with E-state index in [1.807, 2.05) is 25.1 Å². The summed E-state index contributed by atoms with van der Waals surface area (Å²) in [5.41, 5.74) is 3.36. The van der Waals surface area contributed by atoms with Crippen molar-refractivity contribution in [3.8, 4) is 10.8 Å². The van der Waals surface area contributed by atoms with Gasteiger partial charge in [0, 0.05) is 42.5 Å². The Hall–Kier alpha value is -2.93. The molecule has 134 valence electrons. The number of hydrogen-bond donors (Lipinski definition) is 0. The number of nitrogens with zero attached hydrogens (tertiary/aromatic N) is 4. The molecule has 6 nitrogen and oxygen atoms in total. The van der Waals surface area contributed by atoms with Gasteiger partial charge in [-0.05, 0) is 31.0 Å². The lowest BCUT2D eigenvalue weighted by Crippen LogP contribution is -2.29. The number of aromatic nitrogens is 3. The van der Waals surface area contributed by atoms with Gasteiger partial charge in [0.25, 0.3) is 5.91 Å². The van der Waals surface area contributed by atoms with Crippen LogP contribution in [-0.4, -0.2) is 33.2 Å². The molecule has 1 atom stereocenters. The predicted molar refractivity (Wildman–Crippen MR) is 102 cm³/mol. The van der Waals surface area contributed by atoms with Crippen LogP contribution in [0.5, 0.6) is 0 Å². The smallest absolute Gasteiger partial charge is 0.270 e. The summed E-state index contributed by atoms with van der Waals surface area (Å²) < 4.78 is 0. The highest BCUT2D eigenvalue weighted by Gasteiger charge is 2.39. The normalized spacial score (nSPS) is 17.9. The Kier molecular flexibility index (Phi) is 3.65. The predicted octanol–water partition coefficient (Wildman–Crippen LogP) is 3.63. The van der Waals surface area contributed by atoms with Gasteiger partial charge in [0.1, 0.15) is 4.88 Å². The zero-order valence-electron chi connectivity index (χ0n) is 14.7. The van der Waals surface area contributed by atoms with Crippen molar-refractivity contribution in [1.29, 1.82) is 0 Å². The van der Waals surface area contributed by atoms with Crippen LogP contribution in [0.4, 0.5) is 5.69 Å². The first-order valence-electron chi connectivity index (χ1n) is 8.86. The molecule has 0 unspecified atom stereocenters. The van der Waals surface area contributed by atoms with Crippen LogP contribution in [-0.2, 0) is 0 Å². The van der Waals surface area contributed by atoms with Crippen LogP contribution in [0.25, 0.3) is 10.8 Å². The van der Waals surface area contributed by atoms with Crippen LogP contribution in [0.3, 0.4) is 0 Å². The number of aryl methyl sites for hydroxylation is 1. The number of carbonyl (C=O) groups excluding carboxylic acids is 2. The van der Waals surface area contributed by atoms with E-state index in [1.165, 1.54) is 11.3 Å². The first kappa shape index (κ1) is 16.3. The highest BCUT2D eigenvalue weighted by Crippen LogP contribution is 2.45. The fourth-order valence-electron chi connectivity index (χ4n) is 3.96. The average molecular weight is 376 g/mol. The van der Waals surface area contributed by atoms with Gasteiger partial charge >= 0.3 is 0 Å². The van der Waals surface area contributed by atoms with Crippen LogP contribution < -0.4 is 4.90 Å². The van der Waals surface area contributed by atoms with Gasteiger partial charge in [0.05, 0.1) is 5.69 Å². The van der Waals surface area contributed by atoms with Gasteiger partial charge in [-0.2, -0.15) is 0 Å². The molecule has 0 radical (unpaired) electrons. The van der Waals surface area contributed by atoms with E-state index in [-0.39, 0.29) is 17.6 Å². The Bertz CT molecular complexity index is 1080. The lowest BCUT2D eigenvalue weighted by molar-refractivity contribution is 0.0968. The van der Waals surface area contributed by atoms with Crippen molar-refractivity contribution in [3.05, 3.63) is 58.4 Å². The van der Waals surface area contributed by atoms with E-state index < -0.39 is 0 Å². The molecule has 5 rings (SSSR count). The number of benzene rings is 1. The summed E-state index contributed by atoms with van der Waals surface area (Å²) in [6, 6.07) is 7.43. The third kappa shape index (κ3) is 2.49. The molecule has 7 heteroatoms. The van der Waals surface area contributed by atoms with E-state index in [4.69, 9.17) is 0 Å². The number of thiazole rings is 1. The molecule has 0 bridgehead atoms. The summed E-state index contributed by atoms with van der Waals surface area (Å²) in [6.07, 6.45) is 4.68. The molecule has 0 fully saturated rings. The van der Waals surface area contributed by atoms with Gasteiger partial charge in [-0.1, -0.05) is 12.1 Å². The molecular formula is C20H16N4O2S. The molecule has 3 heterocycles. The molecule has 0 saturated heterocycles. The quantitative estimate of drug-likeness (QED) is 0.683. The topological polar surface area (TPSA) is 76.1 Å². The first-order valence-corrected chi connectivity index (χ1v) is 9.68.